The van der Waals surface area contributed by atoms with Crippen LogP contribution in [0, 0.1) is 5.92 Å². The van der Waals surface area contributed by atoms with Gasteiger partial charge in [-0.3, -0.25) is 0 Å². The summed E-state index contributed by atoms with van der Waals surface area (Å²) in [6, 6.07) is 4.77. The number of rotatable bonds is 5. The van der Waals surface area contributed by atoms with Crippen molar-refractivity contribution >= 4 is 31.6 Å². The fourth-order valence-corrected chi connectivity index (χ4v) is 4.80. The summed E-state index contributed by atoms with van der Waals surface area (Å²) in [5.41, 5.74) is 6.23. The minimum atomic E-state index is -3.46. The summed E-state index contributed by atoms with van der Waals surface area (Å²) in [5.74, 6) is 0.765. The summed E-state index contributed by atoms with van der Waals surface area (Å²) in [7, 11) is -3.46. The Bertz CT molecular complexity index is 581. The van der Waals surface area contributed by atoms with Crippen molar-refractivity contribution in [2.24, 2.45) is 5.92 Å². The van der Waals surface area contributed by atoms with Gasteiger partial charge in [0, 0.05) is 16.2 Å². The number of nitrogens with two attached hydrogens (primary N) is 1. The lowest BCUT2D eigenvalue weighted by molar-refractivity contribution is 0.297. The molecule has 6 heteroatoms. The molecular formula is C15H23BrN2O2S. The van der Waals surface area contributed by atoms with Crippen molar-refractivity contribution in [1.29, 1.82) is 0 Å². The molecule has 1 aliphatic rings. The molecule has 4 nitrogen and oxygen atoms in total. The fraction of sp³-hybridized carbons (Fsp3) is 0.600. The lowest BCUT2D eigenvalue weighted by Crippen LogP contribution is -2.37. The SMILES string of the molecule is CCCC1CCC(NS(=O)(=O)c2ccc(N)c(Br)c2)CC1. The second kappa shape index (κ2) is 7.11. The second-order valence-corrected chi connectivity index (χ2v) is 8.38. The zero-order chi connectivity index (χ0) is 15.5. The Morgan fingerprint density at radius 1 is 1.29 bits per heavy atom. The van der Waals surface area contributed by atoms with Crippen LogP contribution in [-0.4, -0.2) is 14.5 Å². The van der Waals surface area contributed by atoms with Crippen LogP contribution < -0.4 is 10.5 Å². The van der Waals surface area contributed by atoms with Gasteiger partial charge in [-0.15, -0.1) is 0 Å². The first-order valence-corrected chi connectivity index (χ1v) is 9.77. The number of benzene rings is 1. The van der Waals surface area contributed by atoms with E-state index in [4.69, 9.17) is 5.73 Å². The average molecular weight is 375 g/mol. The first-order chi connectivity index (χ1) is 9.92. The summed E-state index contributed by atoms with van der Waals surface area (Å²) in [5, 5.41) is 0. The smallest absolute Gasteiger partial charge is 0.240 e. The lowest BCUT2D eigenvalue weighted by Gasteiger charge is -2.28. The van der Waals surface area contributed by atoms with Crippen LogP contribution in [0.1, 0.15) is 45.4 Å². The Kier molecular flexibility index (Phi) is 5.68. The van der Waals surface area contributed by atoms with Gasteiger partial charge in [0.2, 0.25) is 10.0 Å². The molecule has 1 fully saturated rings. The summed E-state index contributed by atoms with van der Waals surface area (Å²) in [4.78, 5) is 0.263. The van der Waals surface area contributed by atoms with E-state index in [-0.39, 0.29) is 10.9 Å². The topological polar surface area (TPSA) is 72.2 Å². The third kappa shape index (κ3) is 4.44. The lowest BCUT2D eigenvalue weighted by atomic mass is 9.84. The highest BCUT2D eigenvalue weighted by molar-refractivity contribution is 9.10. The molecule has 1 aliphatic carbocycles. The molecule has 1 aromatic rings. The van der Waals surface area contributed by atoms with Crippen LogP contribution in [0.4, 0.5) is 5.69 Å². The number of nitrogen functional groups attached to an aromatic ring is 1. The quantitative estimate of drug-likeness (QED) is 0.772. The van der Waals surface area contributed by atoms with Crippen molar-refractivity contribution in [2.75, 3.05) is 5.73 Å². The Morgan fingerprint density at radius 3 is 2.52 bits per heavy atom. The van der Waals surface area contributed by atoms with Gasteiger partial charge in [-0.05, 0) is 65.7 Å². The monoisotopic (exact) mass is 374 g/mol. The van der Waals surface area contributed by atoms with Crippen LogP contribution in [0.15, 0.2) is 27.6 Å². The molecule has 0 aromatic heterocycles. The third-order valence-corrected chi connectivity index (χ3v) is 6.35. The maximum atomic E-state index is 12.4. The zero-order valence-corrected chi connectivity index (χ0v) is 14.7. The van der Waals surface area contributed by atoms with Gasteiger partial charge in [0.05, 0.1) is 4.90 Å². The predicted molar refractivity (Wildman–Crippen MR) is 89.5 cm³/mol. The number of hydrogen-bond donors (Lipinski definition) is 2. The van der Waals surface area contributed by atoms with Crippen molar-refractivity contribution in [2.45, 2.75) is 56.4 Å². The van der Waals surface area contributed by atoms with Crippen molar-refractivity contribution in [3.63, 3.8) is 0 Å². The van der Waals surface area contributed by atoms with Gasteiger partial charge in [-0.1, -0.05) is 19.8 Å². The summed E-state index contributed by atoms with van der Waals surface area (Å²) < 4.78 is 28.2. The van der Waals surface area contributed by atoms with E-state index in [0.717, 1.165) is 31.6 Å². The van der Waals surface area contributed by atoms with E-state index in [1.54, 1.807) is 18.2 Å². The molecule has 0 saturated heterocycles. The molecule has 0 heterocycles. The normalized spacial score (nSPS) is 23.1. The van der Waals surface area contributed by atoms with Gasteiger partial charge in [-0.25, -0.2) is 13.1 Å². The number of hydrogen-bond acceptors (Lipinski definition) is 3. The molecule has 0 unspecified atom stereocenters. The van der Waals surface area contributed by atoms with Crippen LogP contribution in [-0.2, 0) is 10.0 Å². The second-order valence-electron chi connectivity index (χ2n) is 5.81. The highest BCUT2D eigenvalue weighted by Gasteiger charge is 2.25. The van der Waals surface area contributed by atoms with E-state index >= 15 is 0 Å². The molecule has 0 aliphatic heterocycles. The molecular weight excluding hydrogens is 352 g/mol. The average Bonchev–Trinajstić information content (AvgIpc) is 2.44. The van der Waals surface area contributed by atoms with E-state index in [1.165, 1.54) is 12.8 Å². The van der Waals surface area contributed by atoms with Gasteiger partial charge in [0.1, 0.15) is 0 Å². The van der Waals surface area contributed by atoms with Crippen LogP contribution in [0.3, 0.4) is 0 Å². The third-order valence-electron chi connectivity index (χ3n) is 4.15. The molecule has 0 amide bonds. The fourth-order valence-electron chi connectivity index (χ4n) is 2.94. The highest BCUT2D eigenvalue weighted by Crippen LogP contribution is 2.29. The van der Waals surface area contributed by atoms with E-state index in [0.29, 0.717) is 10.2 Å². The van der Waals surface area contributed by atoms with Crippen molar-refractivity contribution < 1.29 is 8.42 Å². The summed E-state index contributed by atoms with van der Waals surface area (Å²) >= 11 is 3.27. The van der Waals surface area contributed by atoms with Crippen LogP contribution in [0.25, 0.3) is 0 Å². The van der Waals surface area contributed by atoms with Crippen LogP contribution in [0.2, 0.25) is 0 Å². The van der Waals surface area contributed by atoms with Gasteiger partial charge in [0.25, 0.3) is 0 Å². The van der Waals surface area contributed by atoms with Crippen molar-refractivity contribution in [3.8, 4) is 0 Å². The Hall–Kier alpha value is -0.590. The number of anilines is 1. The van der Waals surface area contributed by atoms with E-state index < -0.39 is 10.0 Å². The molecule has 118 valence electrons. The van der Waals surface area contributed by atoms with Gasteiger partial charge in [-0.2, -0.15) is 0 Å². The van der Waals surface area contributed by atoms with Gasteiger partial charge < -0.3 is 5.73 Å². The zero-order valence-electron chi connectivity index (χ0n) is 12.3. The van der Waals surface area contributed by atoms with E-state index in [9.17, 15) is 8.42 Å². The molecule has 0 radical (unpaired) electrons. The van der Waals surface area contributed by atoms with Crippen LogP contribution >= 0.6 is 15.9 Å². The maximum absolute atomic E-state index is 12.4. The summed E-state index contributed by atoms with van der Waals surface area (Å²) in [6.45, 7) is 2.20. The molecule has 0 bridgehead atoms. The first kappa shape index (κ1) is 16.8. The standard InChI is InChI=1S/C15H23BrN2O2S/c1-2-3-11-4-6-12(7-5-11)18-21(19,20)13-8-9-15(17)14(16)10-13/h8-12,18H,2-7,17H2,1H3. The molecule has 21 heavy (non-hydrogen) atoms. The maximum Gasteiger partial charge on any atom is 0.240 e. The molecule has 0 atom stereocenters. The molecule has 0 spiro atoms. The van der Waals surface area contributed by atoms with Gasteiger partial charge in [0.15, 0.2) is 0 Å². The molecule has 2 rings (SSSR count). The largest absolute Gasteiger partial charge is 0.398 e. The Balaban J connectivity index is 2.00. The van der Waals surface area contributed by atoms with E-state index in [1.807, 2.05) is 0 Å². The highest BCUT2D eigenvalue weighted by atomic mass is 79.9. The van der Waals surface area contributed by atoms with E-state index in [2.05, 4.69) is 27.6 Å². The summed E-state index contributed by atoms with van der Waals surface area (Å²) in [6.07, 6.45) is 6.56. The predicted octanol–water partition coefficient (Wildman–Crippen LogP) is 3.67. The number of sulfonamides is 1. The molecule has 3 N–H and O–H groups in total. The number of halogens is 1. The molecule has 1 aromatic carbocycles. The van der Waals surface area contributed by atoms with Crippen molar-refractivity contribution in [1.82, 2.24) is 4.72 Å². The minimum absolute atomic E-state index is 0.0550. The minimum Gasteiger partial charge on any atom is -0.398 e. The first-order valence-electron chi connectivity index (χ1n) is 7.49. The Morgan fingerprint density at radius 2 is 1.95 bits per heavy atom. The van der Waals surface area contributed by atoms with Crippen LogP contribution in [0.5, 0.6) is 0 Å². The van der Waals surface area contributed by atoms with Gasteiger partial charge >= 0.3 is 0 Å². The number of nitrogens with one attached hydrogen (secondary N) is 1. The van der Waals surface area contributed by atoms with Crippen molar-refractivity contribution in [3.05, 3.63) is 22.7 Å². The Labute approximate surface area is 135 Å². The molecule has 1 saturated carbocycles.